The van der Waals surface area contributed by atoms with Crippen LogP contribution in [0.25, 0.3) is 0 Å². The molecule has 1 heterocycles. The highest BCUT2D eigenvalue weighted by Gasteiger charge is 2.20. The Morgan fingerprint density at radius 1 is 1.43 bits per heavy atom. The van der Waals surface area contributed by atoms with Gasteiger partial charge in [-0.1, -0.05) is 11.6 Å². The lowest BCUT2D eigenvalue weighted by Gasteiger charge is -2.10. The number of halogens is 3. The van der Waals surface area contributed by atoms with Gasteiger partial charge in [0.1, 0.15) is 16.5 Å². The standard InChI is InChI=1S/C10H9ClF2N4O3S/c11-6-3-5(1-2-7(6)20-10(12)13)17-21(18,19)8-4-15-16-9(8)14/h1-4,10,17H,(H3,14,15,16). The molecule has 0 unspecified atom stereocenters. The number of hydrogen-bond donors (Lipinski definition) is 3. The van der Waals surface area contributed by atoms with Gasteiger partial charge < -0.3 is 10.5 Å². The maximum absolute atomic E-state index is 12.1. The molecule has 2 aromatic rings. The Hall–Kier alpha value is -2.07. The highest BCUT2D eigenvalue weighted by atomic mass is 35.5. The molecule has 0 saturated carbocycles. The molecule has 0 radical (unpaired) electrons. The number of benzene rings is 1. The van der Waals surface area contributed by atoms with Gasteiger partial charge in [0, 0.05) is 0 Å². The molecule has 0 bridgehead atoms. The van der Waals surface area contributed by atoms with Gasteiger partial charge in [-0.05, 0) is 18.2 Å². The molecule has 11 heteroatoms. The molecule has 114 valence electrons. The second-order valence-electron chi connectivity index (χ2n) is 3.78. The van der Waals surface area contributed by atoms with E-state index in [2.05, 4.69) is 19.7 Å². The Kier molecular flexibility index (Phi) is 4.19. The van der Waals surface area contributed by atoms with Crippen molar-refractivity contribution in [2.75, 3.05) is 10.5 Å². The predicted octanol–water partition coefficient (Wildman–Crippen LogP) is 2.05. The van der Waals surface area contributed by atoms with Crippen molar-refractivity contribution in [3.63, 3.8) is 0 Å². The van der Waals surface area contributed by atoms with Crippen LogP contribution in [0.1, 0.15) is 0 Å². The van der Waals surface area contributed by atoms with E-state index in [0.717, 1.165) is 18.3 Å². The van der Waals surface area contributed by atoms with E-state index in [0.29, 0.717) is 0 Å². The van der Waals surface area contributed by atoms with Gasteiger partial charge in [-0.2, -0.15) is 13.9 Å². The molecule has 1 aromatic carbocycles. The summed E-state index contributed by atoms with van der Waals surface area (Å²) in [5.41, 5.74) is 5.48. The van der Waals surface area contributed by atoms with E-state index >= 15 is 0 Å². The number of nitrogens with one attached hydrogen (secondary N) is 2. The van der Waals surface area contributed by atoms with Crippen molar-refractivity contribution in [1.29, 1.82) is 0 Å². The van der Waals surface area contributed by atoms with Crippen LogP contribution >= 0.6 is 11.6 Å². The molecular formula is C10H9ClF2N4O3S. The van der Waals surface area contributed by atoms with Crippen molar-refractivity contribution >= 4 is 33.1 Å². The molecule has 0 aliphatic rings. The summed E-state index contributed by atoms with van der Waals surface area (Å²) in [6, 6.07) is 3.47. The molecule has 21 heavy (non-hydrogen) atoms. The number of ether oxygens (including phenoxy) is 1. The summed E-state index contributed by atoms with van der Waals surface area (Å²) < 4.78 is 54.5. The highest BCUT2D eigenvalue weighted by Crippen LogP contribution is 2.30. The van der Waals surface area contributed by atoms with Gasteiger partial charge in [0.05, 0.1) is 16.9 Å². The topological polar surface area (TPSA) is 110 Å². The first kappa shape index (κ1) is 15.3. The van der Waals surface area contributed by atoms with Crippen LogP contribution in [0.4, 0.5) is 20.3 Å². The van der Waals surface area contributed by atoms with Crippen LogP contribution in [0.5, 0.6) is 5.75 Å². The zero-order chi connectivity index (χ0) is 15.6. The number of nitrogens with two attached hydrogens (primary N) is 1. The molecule has 0 aliphatic carbocycles. The van der Waals surface area contributed by atoms with Gasteiger partial charge >= 0.3 is 6.61 Å². The number of aromatic amines is 1. The molecule has 0 amide bonds. The Balaban J connectivity index is 2.24. The molecular weight excluding hydrogens is 330 g/mol. The Morgan fingerprint density at radius 2 is 2.14 bits per heavy atom. The van der Waals surface area contributed by atoms with E-state index in [1.807, 2.05) is 0 Å². The van der Waals surface area contributed by atoms with E-state index in [1.54, 1.807) is 0 Å². The zero-order valence-electron chi connectivity index (χ0n) is 10.2. The number of aromatic nitrogens is 2. The highest BCUT2D eigenvalue weighted by molar-refractivity contribution is 7.92. The smallest absolute Gasteiger partial charge is 0.387 e. The third kappa shape index (κ3) is 3.52. The van der Waals surface area contributed by atoms with E-state index in [9.17, 15) is 17.2 Å². The number of nitrogens with zero attached hydrogens (tertiary/aromatic N) is 1. The fraction of sp³-hybridized carbons (Fsp3) is 0.100. The van der Waals surface area contributed by atoms with Crippen LogP contribution in [-0.2, 0) is 10.0 Å². The predicted molar refractivity (Wildman–Crippen MR) is 71.9 cm³/mol. The van der Waals surface area contributed by atoms with Gasteiger partial charge in [0.15, 0.2) is 0 Å². The molecule has 2 rings (SSSR count). The van der Waals surface area contributed by atoms with E-state index in [4.69, 9.17) is 17.3 Å². The third-order valence-corrected chi connectivity index (χ3v) is 4.03. The average molecular weight is 339 g/mol. The number of sulfonamides is 1. The molecule has 0 saturated heterocycles. The number of alkyl halides is 2. The van der Waals surface area contributed by atoms with Crippen molar-refractivity contribution in [3.05, 3.63) is 29.4 Å². The molecule has 0 aliphatic heterocycles. The summed E-state index contributed by atoms with van der Waals surface area (Å²) in [5, 5.41) is 5.61. The van der Waals surface area contributed by atoms with Gasteiger partial charge in [-0.3, -0.25) is 9.82 Å². The van der Waals surface area contributed by atoms with E-state index in [-0.39, 0.29) is 27.2 Å². The number of anilines is 2. The van der Waals surface area contributed by atoms with Crippen molar-refractivity contribution < 1.29 is 21.9 Å². The minimum atomic E-state index is -3.97. The summed E-state index contributed by atoms with van der Waals surface area (Å²) in [6.45, 7) is -3.03. The van der Waals surface area contributed by atoms with Gasteiger partial charge in [-0.15, -0.1) is 0 Å². The van der Waals surface area contributed by atoms with Crippen LogP contribution in [0.3, 0.4) is 0 Å². The first-order valence-corrected chi connectivity index (χ1v) is 7.22. The second-order valence-corrected chi connectivity index (χ2v) is 5.84. The number of nitrogen functional groups attached to an aromatic ring is 1. The van der Waals surface area contributed by atoms with Crippen molar-refractivity contribution in [1.82, 2.24) is 10.2 Å². The summed E-state index contributed by atoms with van der Waals surface area (Å²) in [5.74, 6) is -0.399. The summed E-state index contributed by atoms with van der Waals surface area (Å²) in [6.07, 6.45) is 1.04. The van der Waals surface area contributed by atoms with E-state index in [1.165, 1.54) is 6.07 Å². The van der Waals surface area contributed by atoms with Crippen LogP contribution in [0, 0.1) is 0 Å². The van der Waals surface area contributed by atoms with Gasteiger partial charge in [0.25, 0.3) is 10.0 Å². The number of rotatable bonds is 5. The van der Waals surface area contributed by atoms with Crippen LogP contribution < -0.4 is 15.2 Å². The molecule has 0 atom stereocenters. The molecule has 0 spiro atoms. The molecule has 1 aromatic heterocycles. The minimum Gasteiger partial charge on any atom is -0.433 e. The summed E-state index contributed by atoms with van der Waals surface area (Å²) >= 11 is 5.72. The Morgan fingerprint density at radius 3 is 2.67 bits per heavy atom. The molecule has 7 nitrogen and oxygen atoms in total. The third-order valence-electron chi connectivity index (χ3n) is 2.32. The second kappa shape index (κ2) is 5.74. The van der Waals surface area contributed by atoms with Gasteiger partial charge in [-0.25, -0.2) is 8.42 Å². The van der Waals surface area contributed by atoms with E-state index < -0.39 is 16.6 Å². The monoisotopic (exact) mass is 338 g/mol. The number of hydrogen-bond acceptors (Lipinski definition) is 5. The lowest BCUT2D eigenvalue weighted by Crippen LogP contribution is -2.14. The Bertz CT molecular complexity index is 751. The largest absolute Gasteiger partial charge is 0.433 e. The van der Waals surface area contributed by atoms with Crippen molar-refractivity contribution in [2.45, 2.75) is 11.5 Å². The normalized spacial score (nSPS) is 11.6. The van der Waals surface area contributed by atoms with Crippen LogP contribution in [0.15, 0.2) is 29.3 Å². The molecule has 0 fully saturated rings. The lowest BCUT2D eigenvalue weighted by atomic mass is 10.3. The Labute approximate surface area is 123 Å². The fourth-order valence-electron chi connectivity index (χ4n) is 1.47. The van der Waals surface area contributed by atoms with Crippen LogP contribution in [-0.4, -0.2) is 25.2 Å². The van der Waals surface area contributed by atoms with Crippen LogP contribution in [0.2, 0.25) is 5.02 Å². The van der Waals surface area contributed by atoms with Crippen molar-refractivity contribution in [2.24, 2.45) is 0 Å². The lowest BCUT2D eigenvalue weighted by molar-refractivity contribution is -0.0497. The maximum Gasteiger partial charge on any atom is 0.387 e. The zero-order valence-corrected chi connectivity index (χ0v) is 11.8. The fourth-order valence-corrected chi connectivity index (χ4v) is 2.76. The van der Waals surface area contributed by atoms with Crippen molar-refractivity contribution in [3.8, 4) is 5.75 Å². The SMILES string of the molecule is Nc1[nH]ncc1S(=O)(=O)Nc1ccc(OC(F)F)c(Cl)c1. The first-order valence-electron chi connectivity index (χ1n) is 5.35. The maximum atomic E-state index is 12.1. The average Bonchev–Trinajstić information content (AvgIpc) is 2.79. The summed E-state index contributed by atoms with van der Waals surface area (Å²) in [4.78, 5) is -0.244. The summed E-state index contributed by atoms with van der Waals surface area (Å²) in [7, 11) is -3.97. The van der Waals surface area contributed by atoms with Gasteiger partial charge in [0.2, 0.25) is 0 Å². The minimum absolute atomic E-state index is 0.0576. The molecule has 4 N–H and O–H groups in total. The quantitative estimate of drug-likeness (QED) is 0.772. The number of H-pyrrole nitrogens is 1. The first-order chi connectivity index (χ1) is 9.79.